The molecule has 0 aliphatic carbocycles. The fourth-order valence-electron chi connectivity index (χ4n) is 4.28. The van der Waals surface area contributed by atoms with Gasteiger partial charge >= 0.3 is 0 Å². The minimum atomic E-state index is 0.158. The summed E-state index contributed by atoms with van der Waals surface area (Å²) < 4.78 is 5.67. The zero-order valence-corrected chi connectivity index (χ0v) is 18.2. The molecule has 3 aromatic heterocycles. The molecule has 4 aromatic rings. The summed E-state index contributed by atoms with van der Waals surface area (Å²) >= 11 is 0. The fourth-order valence-corrected chi connectivity index (χ4v) is 4.28. The Morgan fingerprint density at radius 2 is 2.00 bits per heavy atom. The Bertz CT molecular complexity index is 1280. The van der Waals surface area contributed by atoms with Crippen molar-refractivity contribution in [1.82, 2.24) is 25.3 Å². The van der Waals surface area contributed by atoms with Gasteiger partial charge in [-0.25, -0.2) is 19.9 Å². The third kappa shape index (κ3) is 3.57. The maximum absolute atomic E-state index is 10.7. The number of aromatic nitrogens is 4. The second-order valence-electron chi connectivity index (χ2n) is 8.50. The minimum absolute atomic E-state index is 0.158. The molecular weight excluding hydrogens is 392 g/mol. The van der Waals surface area contributed by atoms with E-state index in [0.717, 1.165) is 31.0 Å². The molecule has 8 heteroatoms. The molecule has 0 saturated carbocycles. The highest BCUT2D eigenvalue weighted by Gasteiger charge is 2.25. The predicted molar refractivity (Wildman–Crippen MR) is 120 cm³/mol. The Balaban J connectivity index is 1.47. The Morgan fingerprint density at radius 3 is 2.81 bits per heavy atom. The molecule has 0 bridgehead atoms. The number of aryl methyl sites for hydroxylation is 2. The monoisotopic (exact) mass is 418 g/mol. The summed E-state index contributed by atoms with van der Waals surface area (Å²) in [5.41, 5.74) is 4.69. The lowest BCUT2D eigenvalue weighted by atomic mass is 10.0. The van der Waals surface area contributed by atoms with Crippen LogP contribution in [0.1, 0.15) is 31.7 Å². The maximum atomic E-state index is 10.7. The number of phenols is 1. The van der Waals surface area contributed by atoms with Gasteiger partial charge in [0.1, 0.15) is 16.8 Å². The zero-order valence-electron chi connectivity index (χ0n) is 18.2. The maximum Gasteiger partial charge on any atom is 0.226 e. The smallest absolute Gasteiger partial charge is 0.226 e. The standard InChI is InChI=1S/C23H26N6O2/c1-12(2)25-15-7-8-29(11-15)23-24-10-19-18(28-23)6-5-17(27-19)16-9-20-21(13(3)22(16)30)26-14(4)31-20/h5-6,9-10,12,15,25,30H,7-8,11H2,1-4H3. The predicted octanol–water partition coefficient (Wildman–Crippen LogP) is 3.73. The van der Waals surface area contributed by atoms with Crippen molar-refractivity contribution in [1.29, 1.82) is 0 Å². The van der Waals surface area contributed by atoms with E-state index in [0.29, 0.717) is 51.4 Å². The van der Waals surface area contributed by atoms with E-state index in [4.69, 9.17) is 14.4 Å². The molecule has 1 saturated heterocycles. The van der Waals surface area contributed by atoms with E-state index in [9.17, 15) is 5.11 Å². The highest BCUT2D eigenvalue weighted by Crippen LogP contribution is 2.37. The van der Waals surface area contributed by atoms with Gasteiger partial charge in [-0.3, -0.25) is 0 Å². The number of oxazole rings is 1. The summed E-state index contributed by atoms with van der Waals surface area (Å²) in [5.74, 6) is 1.45. The Morgan fingerprint density at radius 1 is 1.16 bits per heavy atom. The fraction of sp³-hybridized carbons (Fsp3) is 0.391. The van der Waals surface area contributed by atoms with Crippen LogP contribution < -0.4 is 10.2 Å². The molecule has 1 aliphatic heterocycles. The molecule has 1 unspecified atom stereocenters. The van der Waals surface area contributed by atoms with Crippen molar-refractivity contribution in [2.24, 2.45) is 0 Å². The number of nitrogens with zero attached hydrogens (tertiary/aromatic N) is 5. The molecule has 0 spiro atoms. The number of aromatic hydroxyl groups is 1. The number of hydrogen-bond acceptors (Lipinski definition) is 8. The summed E-state index contributed by atoms with van der Waals surface area (Å²) in [4.78, 5) is 20.6. The van der Waals surface area contributed by atoms with Crippen molar-refractivity contribution in [2.75, 3.05) is 18.0 Å². The van der Waals surface area contributed by atoms with E-state index in [-0.39, 0.29) is 5.75 Å². The Kier molecular flexibility index (Phi) is 4.74. The van der Waals surface area contributed by atoms with E-state index < -0.39 is 0 Å². The number of hydrogen-bond donors (Lipinski definition) is 2. The van der Waals surface area contributed by atoms with Gasteiger partial charge in [-0.15, -0.1) is 0 Å². The summed E-state index contributed by atoms with van der Waals surface area (Å²) in [6.07, 6.45) is 2.84. The average Bonchev–Trinajstić information content (AvgIpc) is 3.35. The minimum Gasteiger partial charge on any atom is -0.507 e. The molecule has 0 radical (unpaired) electrons. The molecule has 2 N–H and O–H groups in total. The Labute approximate surface area is 180 Å². The van der Waals surface area contributed by atoms with Gasteiger partial charge in [0.05, 0.1) is 17.4 Å². The lowest BCUT2D eigenvalue weighted by molar-refractivity contribution is 0.473. The number of anilines is 1. The van der Waals surface area contributed by atoms with Gasteiger partial charge in [0.2, 0.25) is 5.95 Å². The molecule has 5 rings (SSSR count). The van der Waals surface area contributed by atoms with Crippen LogP contribution in [0.2, 0.25) is 0 Å². The third-order valence-electron chi connectivity index (χ3n) is 5.74. The van der Waals surface area contributed by atoms with Gasteiger partial charge in [0, 0.05) is 43.2 Å². The van der Waals surface area contributed by atoms with Gasteiger partial charge in [0.25, 0.3) is 0 Å². The van der Waals surface area contributed by atoms with E-state index in [2.05, 4.69) is 34.0 Å². The second-order valence-corrected chi connectivity index (χ2v) is 8.50. The second kappa shape index (κ2) is 7.46. The van der Waals surface area contributed by atoms with Crippen LogP contribution in [-0.2, 0) is 0 Å². The lowest BCUT2D eigenvalue weighted by Crippen LogP contribution is -2.37. The van der Waals surface area contributed by atoms with E-state index >= 15 is 0 Å². The largest absolute Gasteiger partial charge is 0.507 e. The number of rotatable bonds is 4. The highest BCUT2D eigenvalue weighted by molar-refractivity contribution is 5.89. The summed E-state index contributed by atoms with van der Waals surface area (Å²) in [5, 5.41) is 14.3. The molecule has 1 aliphatic rings. The summed E-state index contributed by atoms with van der Waals surface area (Å²) in [6.45, 7) is 9.79. The molecule has 1 fully saturated rings. The first-order valence-corrected chi connectivity index (χ1v) is 10.6. The van der Waals surface area contributed by atoms with Crippen LogP contribution in [-0.4, -0.2) is 50.2 Å². The van der Waals surface area contributed by atoms with Crippen LogP contribution in [0.5, 0.6) is 5.75 Å². The zero-order chi connectivity index (χ0) is 21.7. The van der Waals surface area contributed by atoms with Crippen molar-refractivity contribution in [2.45, 2.75) is 46.2 Å². The number of nitrogens with one attached hydrogen (secondary N) is 1. The van der Waals surface area contributed by atoms with E-state index in [1.165, 1.54) is 0 Å². The summed E-state index contributed by atoms with van der Waals surface area (Å²) in [6, 6.07) is 6.50. The summed E-state index contributed by atoms with van der Waals surface area (Å²) in [7, 11) is 0. The van der Waals surface area contributed by atoms with Crippen LogP contribution >= 0.6 is 0 Å². The number of pyridine rings is 1. The lowest BCUT2D eigenvalue weighted by Gasteiger charge is -2.18. The molecule has 4 heterocycles. The van der Waals surface area contributed by atoms with Gasteiger partial charge in [0.15, 0.2) is 11.5 Å². The van der Waals surface area contributed by atoms with Crippen molar-refractivity contribution < 1.29 is 9.52 Å². The van der Waals surface area contributed by atoms with Crippen molar-refractivity contribution in [3.63, 3.8) is 0 Å². The third-order valence-corrected chi connectivity index (χ3v) is 5.74. The molecule has 31 heavy (non-hydrogen) atoms. The molecular formula is C23H26N6O2. The van der Waals surface area contributed by atoms with Crippen molar-refractivity contribution in [3.8, 4) is 17.0 Å². The quantitative estimate of drug-likeness (QED) is 0.517. The number of fused-ring (bicyclic) bond motifs is 2. The molecule has 0 amide bonds. The van der Waals surface area contributed by atoms with E-state index in [1.807, 2.05) is 19.1 Å². The molecule has 1 atom stereocenters. The molecule has 8 nitrogen and oxygen atoms in total. The van der Waals surface area contributed by atoms with Crippen LogP contribution in [0.15, 0.2) is 28.8 Å². The van der Waals surface area contributed by atoms with Gasteiger partial charge in [-0.2, -0.15) is 0 Å². The SMILES string of the molecule is Cc1nc2c(C)c(O)c(-c3ccc4nc(N5CCC(NC(C)C)C5)ncc4n3)cc2o1. The van der Waals surface area contributed by atoms with Crippen LogP contribution in [0.3, 0.4) is 0 Å². The first-order chi connectivity index (χ1) is 14.9. The average molecular weight is 419 g/mol. The van der Waals surface area contributed by atoms with Gasteiger partial charge in [-0.1, -0.05) is 13.8 Å². The van der Waals surface area contributed by atoms with E-state index in [1.54, 1.807) is 19.2 Å². The first kappa shape index (κ1) is 19.7. The first-order valence-electron chi connectivity index (χ1n) is 10.6. The molecule has 160 valence electrons. The topological polar surface area (TPSA) is 100 Å². The highest BCUT2D eigenvalue weighted by atomic mass is 16.3. The normalized spacial score (nSPS) is 16.8. The van der Waals surface area contributed by atoms with Crippen molar-refractivity contribution in [3.05, 3.63) is 35.9 Å². The Hall–Kier alpha value is -3.26. The van der Waals surface area contributed by atoms with Gasteiger partial charge < -0.3 is 19.7 Å². The van der Waals surface area contributed by atoms with Crippen LogP contribution in [0, 0.1) is 13.8 Å². The van der Waals surface area contributed by atoms with Crippen LogP contribution in [0.4, 0.5) is 5.95 Å². The number of benzene rings is 1. The molecule has 1 aromatic carbocycles. The van der Waals surface area contributed by atoms with Crippen LogP contribution in [0.25, 0.3) is 33.4 Å². The van der Waals surface area contributed by atoms with Gasteiger partial charge in [-0.05, 0) is 31.5 Å². The van der Waals surface area contributed by atoms with Crippen molar-refractivity contribution >= 4 is 28.1 Å². The number of phenolic OH excluding ortho intramolecular Hbond substituents is 1.